The number of alkyl halides is 6. The van der Waals surface area contributed by atoms with Gasteiger partial charge < -0.3 is 4.57 Å². The van der Waals surface area contributed by atoms with E-state index < -0.39 is 23.5 Å². The molecule has 0 N–H and O–H groups in total. The molecule has 10 heteroatoms. The zero-order valence-electron chi connectivity index (χ0n) is 22.6. The molecule has 43 heavy (non-hydrogen) atoms. The Labute approximate surface area is 241 Å². The Kier molecular flexibility index (Phi) is 6.49. The number of benzene rings is 4. The minimum absolute atomic E-state index is 0.115. The first kappa shape index (κ1) is 28.0. The monoisotopic (exact) mass is 586 g/mol. The summed E-state index contributed by atoms with van der Waals surface area (Å²) >= 11 is 0. The van der Waals surface area contributed by atoms with Crippen LogP contribution < -0.4 is 0 Å². The first-order valence-electron chi connectivity index (χ1n) is 13.0. The second-order valence-corrected chi connectivity index (χ2v) is 10.2. The Morgan fingerprint density at radius 3 is 1.91 bits per heavy atom. The van der Waals surface area contributed by atoms with Gasteiger partial charge in [-0.15, -0.1) is 0 Å². The highest BCUT2D eigenvalue weighted by Crippen LogP contribution is 2.40. The summed E-state index contributed by atoms with van der Waals surface area (Å²) in [5, 5.41) is 11.6. The van der Waals surface area contributed by atoms with Crippen molar-refractivity contribution in [2.24, 2.45) is 0 Å². The maximum atomic E-state index is 13.6. The third-order valence-electron chi connectivity index (χ3n) is 7.20. The van der Waals surface area contributed by atoms with Gasteiger partial charge in [0, 0.05) is 33.4 Å². The van der Waals surface area contributed by atoms with Crippen LogP contribution in [-0.2, 0) is 12.4 Å². The molecule has 6 rings (SSSR count). The number of nitriles is 1. The molecule has 0 amide bonds. The Bertz CT molecular complexity index is 2050. The Morgan fingerprint density at radius 1 is 0.651 bits per heavy atom. The number of aryl methyl sites for hydroxylation is 2. The lowest BCUT2D eigenvalue weighted by Gasteiger charge is -2.15. The van der Waals surface area contributed by atoms with Gasteiger partial charge in [0.1, 0.15) is 0 Å². The fourth-order valence-electron chi connectivity index (χ4n) is 5.36. The van der Waals surface area contributed by atoms with Crippen molar-refractivity contribution in [2.75, 3.05) is 0 Å². The number of fused-ring (bicyclic) bond motifs is 3. The zero-order chi connectivity index (χ0) is 30.7. The molecule has 0 bridgehead atoms. The SMILES string of the molecule is Cc1cc(C)nc(-c2ccc(-n3c4ccccc4c4ccc(-c5cc(C(F)(F)F)cc(C(F)(F)F)c5)cc43)cc2C#N)n1. The van der Waals surface area contributed by atoms with Crippen LogP contribution in [-0.4, -0.2) is 14.5 Å². The molecule has 0 fully saturated rings. The van der Waals surface area contributed by atoms with Gasteiger partial charge in [0.15, 0.2) is 5.82 Å². The molecule has 2 aromatic heterocycles. The predicted molar refractivity (Wildman–Crippen MR) is 151 cm³/mol. The first-order valence-corrected chi connectivity index (χ1v) is 13.0. The molecule has 6 aromatic rings. The van der Waals surface area contributed by atoms with Crippen LogP contribution >= 0.6 is 0 Å². The molecule has 0 aliphatic carbocycles. The molecule has 0 aliphatic heterocycles. The van der Waals surface area contributed by atoms with Gasteiger partial charge in [0.2, 0.25) is 0 Å². The van der Waals surface area contributed by atoms with Gasteiger partial charge in [0.25, 0.3) is 0 Å². The minimum atomic E-state index is -4.97. The molecule has 0 aliphatic rings. The van der Waals surface area contributed by atoms with Gasteiger partial charge in [0.05, 0.1) is 33.8 Å². The van der Waals surface area contributed by atoms with Crippen molar-refractivity contribution >= 4 is 21.8 Å². The molecule has 0 saturated heterocycles. The number of nitrogens with zero attached hydrogens (tertiary/aromatic N) is 4. The van der Waals surface area contributed by atoms with E-state index in [4.69, 9.17) is 0 Å². The maximum absolute atomic E-state index is 13.6. The summed E-state index contributed by atoms with van der Waals surface area (Å²) < 4.78 is 83.4. The zero-order valence-corrected chi connectivity index (χ0v) is 22.6. The van der Waals surface area contributed by atoms with Crippen LogP contribution in [0.25, 0.3) is 50.0 Å². The fourth-order valence-corrected chi connectivity index (χ4v) is 5.36. The Balaban J connectivity index is 1.59. The van der Waals surface area contributed by atoms with E-state index in [0.29, 0.717) is 28.2 Å². The summed E-state index contributed by atoms with van der Waals surface area (Å²) in [6.07, 6.45) is -9.94. The van der Waals surface area contributed by atoms with Gasteiger partial charge in [-0.25, -0.2) is 9.97 Å². The lowest BCUT2D eigenvalue weighted by atomic mass is 9.98. The van der Waals surface area contributed by atoms with Crippen molar-refractivity contribution in [3.63, 3.8) is 0 Å². The van der Waals surface area contributed by atoms with E-state index in [2.05, 4.69) is 16.0 Å². The lowest BCUT2D eigenvalue weighted by molar-refractivity contribution is -0.143. The molecular formula is C33H20F6N4. The average Bonchev–Trinajstić information content (AvgIpc) is 3.29. The van der Waals surface area contributed by atoms with Crippen LogP contribution in [0.3, 0.4) is 0 Å². The first-order chi connectivity index (χ1) is 20.3. The molecule has 4 aromatic carbocycles. The molecule has 0 radical (unpaired) electrons. The molecular weight excluding hydrogens is 566 g/mol. The summed E-state index contributed by atoms with van der Waals surface area (Å²) in [5.74, 6) is 0.398. The van der Waals surface area contributed by atoms with Crippen molar-refractivity contribution in [3.05, 3.63) is 113 Å². The number of hydrogen-bond acceptors (Lipinski definition) is 3. The van der Waals surface area contributed by atoms with Crippen LogP contribution in [0.15, 0.2) is 84.9 Å². The maximum Gasteiger partial charge on any atom is 0.416 e. The van der Waals surface area contributed by atoms with Crippen molar-refractivity contribution in [2.45, 2.75) is 26.2 Å². The smallest absolute Gasteiger partial charge is 0.309 e. The van der Waals surface area contributed by atoms with Gasteiger partial charge in [-0.05, 0) is 79.6 Å². The molecule has 0 unspecified atom stereocenters. The molecule has 2 heterocycles. The standard InChI is InChI=1S/C33H20F6N4/c1-18-11-19(2)42-31(41-18)26-10-8-25(14-22(26)17-40)43-29-6-4-3-5-27(29)28-9-7-20(15-30(28)43)21-12-23(32(34,35)36)16-24(13-21)33(37,38)39/h3-16H,1-2H3. The molecule has 214 valence electrons. The van der Waals surface area contributed by atoms with Gasteiger partial charge >= 0.3 is 12.4 Å². The highest BCUT2D eigenvalue weighted by Gasteiger charge is 2.37. The fraction of sp³-hybridized carbons (Fsp3) is 0.121. The summed E-state index contributed by atoms with van der Waals surface area (Å²) in [4.78, 5) is 8.94. The number of halogens is 6. The number of hydrogen-bond donors (Lipinski definition) is 0. The summed E-state index contributed by atoms with van der Waals surface area (Å²) in [6, 6.07) is 22.9. The van der Waals surface area contributed by atoms with E-state index in [1.807, 2.05) is 48.7 Å². The normalized spacial score (nSPS) is 12.2. The van der Waals surface area contributed by atoms with E-state index in [-0.39, 0.29) is 17.2 Å². The van der Waals surface area contributed by atoms with E-state index >= 15 is 0 Å². The van der Waals surface area contributed by atoms with Crippen LogP contribution in [0.4, 0.5) is 26.3 Å². The summed E-state index contributed by atoms with van der Waals surface area (Å²) in [7, 11) is 0. The average molecular weight is 587 g/mol. The largest absolute Gasteiger partial charge is 0.416 e. The highest BCUT2D eigenvalue weighted by atomic mass is 19.4. The van der Waals surface area contributed by atoms with Crippen LogP contribution in [0.5, 0.6) is 0 Å². The van der Waals surface area contributed by atoms with E-state index in [1.54, 1.807) is 30.3 Å². The molecule has 4 nitrogen and oxygen atoms in total. The predicted octanol–water partition coefficient (Wildman–Crippen LogP) is 9.43. The molecule has 0 saturated carbocycles. The quantitative estimate of drug-likeness (QED) is 0.194. The van der Waals surface area contributed by atoms with Crippen LogP contribution in [0, 0.1) is 25.2 Å². The van der Waals surface area contributed by atoms with Crippen LogP contribution in [0.2, 0.25) is 0 Å². The topological polar surface area (TPSA) is 54.5 Å². The molecule has 0 atom stereocenters. The van der Waals surface area contributed by atoms with E-state index in [9.17, 15) is 31.6 Å². The van der Waals surface area contributed by atoms with Crippen LogP contribution in [0.1, 0.15) is 28.1 Å². The minimum Gasteiger partial charge on any atom is -0.309 e. The second-order valence-electron chi connectivity index (χ2n) is 10.2. The summed E-state index contributed by atoms with van der Waals surface area (Å²) in [6.45, 7) is 3.66. The van der Waals surface area contributed by atoms with E-state index in [0.717, 1.165) is 39.8 Å². The number of rotatable bonds is 3. The van der Waals surface area contributed by atoms with Crippen molar-refractivity contribution in [1.29, 1.82) is 5.26 Å². The van der Waals surface area contributed by atoms with Crippen molar-refractivity contribution in [3.8, 4) is 34.3 Å². The molecule has 0 spiro atoms. The van der Waals surface area contributed by atoms with Gasteiger partial charge in [-0.1, -0.05) is 30.3 Å². The highest BCUT2D eigenvalue weighted by molar-refractivity contribution is 6.10. The van der Waals surface area contributed by atoms with Crippen molar-refractivity contribution in [1.82, 2.24) is 14.5 Å². The summed E-state index contributed by atoms with van der Waals surface area (Å²) in [5.41, 5.74) is 1.37. The second kappa shape index (κ2) is 9.98. The van der Waals surface area contributed by atoms with Crippen molar-refractivity contribution < 1.29 is 26.3 Å². The number of aromatic nitrogens is 3. The van der Waals surface area contributed by atoms with E-state index in [1.165, 1.54) is 6.07 Å². The van der Waals surface area contributed by atoms with Gasteiger partial charge in [-0.2, -0.15) is 31.6 Å². The Hall–Kier alpha value is -5.17. The third kappa shape index (κ3) is 5.07. The van der Waals surface area contributed by atoms with Gasteiger partial charge in [-0.3, -0.25) is 0 Å². The third-order valence-corrected chi connectivity index (χ3v) is 7.20. The lowest BCUT2D eigenvalue weighted by Crippen LogP contribution is -2.11. The Morgan fingerprint density at radius 2 is 1.28 bits per heavy atom. The number of para-hydroxylation sites is 1.